The Bertz CT molecular complexity index is 656. The van der Waals surface area contributed by atoms with Gasteiger partial charge in [0.05, 0.1) is 5.25 Å². The number of aryl methyl sites for hydroxylation is 1. The zero-order valence-electron chi connectivity index (χ0n) is 12.1. The maximum Gasteiger partial charge on any atom is 0.236 e. The summed E-state index contributed by atoms with van der Waals surface area (Å²) in [5.74, 6) is 0.137. The van der Waals surface area contributed by atoms with Gasteiger partial charge in [-0.05, 0) is 34.9 Å². The van der Waals surface area contributed by atoms with Gasteiger partial charge in [0.25, 0.3) is 0 Å². The quantitative estimate of drug-likeness (QED) is 0.799. The van der Waals surface area contributed by atoms with E-state index in [2.05, 4.69) is 33.7 Å². The predicted molar refractivity (Wildman–Crippen MR) is 79.7 cm³/mol. The molecule has 1 atom stereocenters. The van der Waals surface area contributed by atoms with Crippen LogP contribution in [0.1, 0.15) is 18.1 Å². The molecular formula is C14H17N5OS. The third kappa shape index (κ3) is 2.92. The van der Waals surface area contributed by atoms with Crippen molar-refractivity contribution in [1.29, 1.82) is 0 Å². The summed E-state index contributed by atoms with van der Waals surface area (Å²) in [6.07, 6.45) is 0.921. The first kappa shape index (κ1) is 14.1. The van der Waals surface area contributed by atoms with Crippen molar-refractivity contribution in [2.75, 3.05) is 6.54 Å². The average molecular weight is 303 g/mol. The SMILES string of the molecule is C[C@H](Sc1nnnn1C)C(=O)N1CCc2ccccc2C1. The topological polar surface area (TPSA) is 63.9 Å². The smallest absolute Gasteiger partial charge is 0.236 e. The first-order valence-corrected chi connectivity index (χ1v) is 7.77. The van der Waals surface area contributed by atoms with Crippen molar-refractivity contribution in [3.63, 3.8) is 0 Å². The Hall–Kier alpha value is -1.89. The van der Waals surface area contributed by atoms with Gasteiger partial charge in [0, 0.05) is 20.1 Å². The molecule has 0 unspecified atom stereocenters. The van der Waals surface area contributed by atoms with Crippen LogP contribution in [-0.4, -0.2) is 42.8 Å². The van der Waals surface area contributed by atoms with Gasteiger partial charge in [-0.25, -0.2) is 4.68 Å². The van der Waals surface area contributed by atoms with Gasteiger partial charge in [-0.1, -0.05) is 36.0 Å². The van der Waals surface area contributed by atoms with E-state index < -0.39 is 0 Å². The maximum absolute atomic E-state index is 12.6. The molecule has 6 nitrogen and oxygen atoms in total. The fourth-order valence-electron chi connectivity index (χ4n) is 2.47. The minimum atomic E-state index is -0.194. The van der Waals surface area contributed by atoms with E-state index in [0.717, 1.165) is 13.0 Å². The minimum absolute atomic E-state index is 0.137. The predicted octanol–water partition coefficient (Wildman–Crippen LogP) is 1.28. The van der Waals surface area contributed by atoms with Crippen LogP contribution in [0.2, 0.25) is 0 Å². The van der Waals surface area contributed by atoms with Gasteiger partial charge in [0.1, 0.15) is 0 Å². The van der Waals surface area contributed by atoms with Crippen molar-refractivity contribution in [3.8, 4) is 0 Å². The number of carbonyl (C=O) groups excluding carboxylic acids is 1. The third-order valence-electron chi connectivity index (χ3n) is 3.65. The van der Waals surface area contributed by atoms with Crippen molar-refractivity contribution >= 4 is 17.7 Å². The highest BCUT2D eigenvalue weighted by Gasteiger charge is 2.26. The highest BCUT2D eigenvalue weighted by molar-refractivity contribution is 8.00. The van der Waals surface area contributed by atoms with E-state index in [1.54, 1.807) is 11.7 Å². The minimum Gasteiger partial charge on any atom is -0.337 e. The van der Waals surface area contributed by atoms with Crippen LogP contribution in [0.15, 0.2) is 29.4 Å². The average Bonchev–Trinajstić information content (AvgIpc) is 2.91. The lowest BCUT2D eigenvalue weighted by molar-refractivity contribution is -0.131. The molecule has 0 N–H and O–H groups in total. The second kappa shape index (κ2) is 5.85. The number of amides is 1. The summed E-state index contributed by atoms with van der Waals surface area (Å²) in [4.78, 5) is 14.5. The third-order valence-corrected chi connectivity index (χ3v) is 4.77. The summed E-state index contributed by atoms with van der Waals surface area (Å²) < 4.78 is 1.58. The van der Waals surface area contributed by atoms with E-state index in [9.17, 15) is 4.79 Å². The van der Waals surface area contributed by atoms with Crippen molar-refractivity contribution in [2.45, 2.75) is 30.3 Å². The standard InChI is InChI=1S/C14H17N5OS/c1-10(21-14-15-16-17-18(14)2)13(20)19-8-7-11-5-3-4-6-12(11)9-19/h3-6,10H,7-9H2,1-2H3/t10-/m0/s1. The normalized spacial score (nSPS) is 15.6. The number of aromatic nitrogens is 4. The molecular weight excluding hydrogens is 286 g/mol. The fourth-order valence-corrected chi connectivity index (χ4v) is 3.31. The Morgan fingerprint density at radius 2 is 2.10 bits per heavy atom. The Morgan fingerprint density at radius 3 is 2.81 bits per heavy atom. The zero-order valence-corrected chi connectivity index (χ0v) is 12.9. The van der Waals surface area contributed by atoms with Crippen molar-refractivity contribution in [2.24, 2.45) is 7.05 Å². The van der Waals surface area contributed by atoms with E-state index in [-0.39, 0.29) is 11.2 Å². The van der Waals surface area contributed by atoms with Gasteiger partial charge in [-0.2, -0.15) is 0 Å². The van der Waals surface area contributed by atoms with E-state index in [4.69, 9.17) is 0 Å². The van der Waals surface area contributed by atoms with Crippen LogP contribution in [0, 0.1) is 0 Å². The molecule has 0 spiro atoms. The fraction of sp³-hybridized carbons (Fsp3) is 0.429. The molecule has 1 aromatic carbocycles. The van der Waals surface area contributed by atoms with Gasteiger partial charge in [0.15, 0.2) is 0 Å². The van der Waals surface area contributed by atoms with E-state index in [1.165, 1.54) is 22.9 Å². The molecule has 1 aliphatic heterocycles. The molecule has 0 fully saturated rings. The van der Waals surface area contributed by atoms with Crippen LogP contribution in [0.25, 0.3) is 0 Å². The summed E-state index contributed by atoms with van der Waals surface area (Å²) in [7, 11) is 1.77. The van der Waals surface area contributed by atoms with Crippen LogP contribution in [0.4, 0.5) is 0 Å². The Balaban J connectivity index is 1.67. The van der Waals surface area contributed by atoms with E-state index in [1.807, 2.05) is 17.9 Å². The molecule has 0 saturated heterocycles. The van der Waals surface area contributed by atoms with E-state index >= 15 is 0 Å². The van der Waals surface area contributed by atoms with Gasteiger partial charge in [-0.3, -0.25) is 4.79 Å². The van der Waals surface area contributed by atoms with Crippen LogP contribution >= 0.6 is 11.8 Å². The second-order valence-corrected chi connectivity index (χ2v) is 6.43. The lowest BCUT2D eigenvalue weighted by Crippen LogP contribution is -2.40. The van der Waals surface area contributed by atoms with E-state index in [0.29, 0.717) is 11.7 Å². The first-order valence-electron chi connectivity index (χ1n) is 6.89. The number of carbonyl (C=O) groups is 1. The molecule has 21 heavy (non-hydrogen) atoms. The molecule has 0 aliphatic carbocycles. The molecule has 1 aliphatic rings. The van der Waals surface area contributed by atoms with Crippen LogP contribution in [0.5, 0.6) is 0 Å². The van der Waals surface area contributed by atoms with Gasteiger partial charge in [0.2, 0.25) is 11.1 Å². The zero-order chi connectivity index (χ0) is 14.8. The number of tetrazole rings is 1. The summed E-state index contributed by atoms with van der Waals surface area (Å²) in [5.41, 5.74) is 2.59. The summed E-state index contributed by atoms with van der Waals surface area (Å²) in [6.45, 7) is 3.37. The molecule has 3 rings (SSSR count). The lowest BCUT2D eigenvalue weighted by atomic mass is 10.00. The molecule has 1 aromatic heterocycles. The summed E-state index contributed by atoms with van der Waals surface area (Å²) >= 11 is 1.40. The van der Waals surface area contributed by atoms with Crippen LogP contribution in [-0.2, 0) is 24.8 Å². The Morgan fingerprint density at radius 1 is 1.33 bits per heavy atom. The van der Waals surface area contributed by atoms with Gasteiger partial charge >= 0.3 is 0 Å². The monoisotopic (exact) mass is 303 g/mol. The summed E-state index contributed by atoms with van der Waals surface area (Å²) in [6, 6.07) is 8.31. The second-order valence-electron chi connectivity index (χ2n) is 5.12. The number of hydrogen-bond donors (Lipinski definition) is 0. The van der Waals surface area contributed by atoms with Gasteiger partial charge in [-0.15, -0.1) is 5.10 Å². The summed E-state index contributed by atoms with van der Waals surface area (Å²) in [5, 5.41) is 11.8. The molecule has 2 heterocycles. The van der Waals surface area contributed by atoms with Crippen LogP contribution < -0.4 is 0 Å². The Labute approximate surface area is 127 Å². The molecule has 1 amide bonds. The highest BCUT2D eigenvalue weighted by atomic mass is 32.2. The Kier molecular flexibility index (Phi) is 3.92. The molecule has 0 radical (unpaired) electrons. The molecule has 2 aromatic rings. The van der Waals surface area contributed by atoms with Gasteiger partial charge < -0.3 is 4.90 Å². The number of thioether (sulfide) groups is 1. The maximum atomic E-state index is 12.6. The number of rotatable bonds is 3. The number of hydrogen-bond acceptors (Lipinski definition) is 5. The van der Waals surface area contributed by atoms with Crippen molar-refractivity contribution < 1.29 is 4.79 Å². The van der Waals surface area contributed by atoms with Crippen LogP contribution in [0.3, 0.4) is 0 Å². The number of nitrogens with zero attached hydrogens (tertiary/aromatic N) is 5. The largest absolute Gasteiger partial charge is 0.337 e. The number of benzene rings is 1. The number of fused-ring (bicyclic) bond motifs is 1. The van der Waals surface area contributed by atoms with Crippen molar-refractivity contribution in [1.82, 2.24) is 25.1 Å². The lowest BCUT2D eigenvalue weighted by Gasteiger charge is -2.30. The highest BCUT2D eigenvalue weighted by Crippen LogP contribution is 2.24. The molecule has 110 valence electrons. The first-order chi connectivity index (χ1) is 10.1. The molecule has 0 bridgehead atoms. The molecule has 7 heteroatoms. The van der Waals surface area contributed by atoms with Crippen molar-refractivity contribution in [3.05, 3.63) is 35.4 Å². The molecule has 0 saturated carbocycles.